The van der Waals surface area contributed by atoms with E-state index in [0.29, 0.717) is 36.3 Å². The van der Waals surface area contributed by atoms with Gasteiger partial charge in [0.1, 0.15) is 5.75 Å². The molecular weight excluding hydrogens is 514 g/mol. The molecule has 0 saturated carbocycles. The van der Waals surface area contributed by atoms with Crippen molar-refractivity contribution in [2.75, 3.05) is 37.5 Å². The normalized spacial score (nSPS) is 18.7. The van der Waals surface area contributed by atoms with Crippen molar-refractivity contribution in [1.82, 2.24) is 19.8 Å². The van der Waals surface area contributed by atoms with Gasteiger partial charge in [0, 0.05) is 62.2 Å². The molecule has 41 heavy (non-hydrogen) atoms. The van der Waals surface area contributed by atoms with Crippen LogP contribution in [-0.4, -0.2) is 58.5 Å². The third-order valence-electron chi connectivity index (χ3n) is 8.38. The second-order valence-electron chi connectivity index (χ2n) is 11.6. The topological polar surface area (TPSA) is 109 Å². The maximum Gasteiger partial charge on any atom is 0.257 e. The van der Waals surface area contributed by atoms with Gasteiger partial charge < -0.3 is 20.4 Å². The number of unbranched alkanes of at least 4 members (excludes halogenated alkanes) is 1. The first-order valence-electron chi connectivity index (χ1n) is 14.7. The Balaban J connectivity index is 1.28. The Labute approximate surface area is 243 Å². The van der Waals surface area contributed by atoms with Gasteiger partial charge >= 0.3 is 0 Å². The molecule has 3 aromatic rings. The highest BCUT2D eigenvalue weighted by Gasteiger charge is 2.38. The van der Waals surface area contributed by atoms with Gasteiger partial charge in [0.2, 0.25) is 5.95 Å². The van der Waals surface area contributed by atoms with Gasteiger partial charge in [0.25, 0.3) is 5.91 Å². The number of ether oxygens (including phenoxy) is 1. The minimum absolute atomic E-state index is 0.0142. The van der Waals surface area contributed by atoms with Crippen LogP contribution in [0.5, 0.6) is 5.75 Å². The van der Waals surface area contributed by atoms with Crippen LogP contribution in [0, 0.1) is 19.8 Å². The number of anilines is 3. The number of aromatic nitrogens is 2. The molecule has 1 aromatic heterocycles. The molecule has 5 rings (SSSR count). The molecule has 0 radical (unpaired) electrons. The molecule has 2 aromatic carbocycles. The summed E-state index contributed by atoms with van der Waals surface area (Å²) in [5, 5.41) is 3.37. The van der Waals surface area contributed by atoms with Crippen molar-refractivity contribution >= 4 is 23.2 Å². The summed E-state index contributed by atoms with van der Waals surface area (Å²) in [5.74, 6) is 7.33. The zero-order valence-electron chi connectivity index (χ0n) is 25.0. The molecule has 0 aliphatic carbocycles. The number of likely N-dealkylation sites (tertiary alicyclic amines) is 1. The number of nitrogens with one attached hydrogen (secondary N) is 2. The predicted molar refractivity (Wildman–Crippen MR) is 164 cm³/mol. The Morgan fingerprint density at radius 2 is 1.93 bits per heavy atom. The third-order valence-corrected chi connectivity index (χ3v) is 8.38. The summed E-state index contributed by atoms with van der Waals surface area (Å²) in [6.07, 6.45) is 5.77. The number of fused-ring (bicyclic) bond motifs is 1. The number of rotatable bonds is 9. The number of benzene rings is 2. The van der Waals surface area contributed by atoms with Crippen LogP contribution >= 0.6 is 0 Å². The number of carbonyl (C=O) groups is 1. The largest absolute Gasteiger partial charge is 0.496 e. The van der Waals surface area contributed by atoms with Crippen LogP contribution < -0.4 is 21.3 Å². The number of hydrazine groups is 1. The molecule has 218 valence electrons. The lowest BCUT2D eigenvalue weighted by Gasteiger charge is -2.34. The Kier molecular flexibility index (Phi) is 8.75. The lowest BCUT2D eigenvalue weighted by atomic mass is 10.00. The first-order chi connectivity index (χ1) is 19.8. The van der Waals surface area contributed by atoms with Gasteiger partial charge in [-0.3, -0.25) is 15.5 Å². The summed E-state index contributed by atoms with van der Waals surface area (Å²) in [7, 11) is 1.60. The Hall–Kier alpha value is -3.69. The van der Waals surface area contributed by atoms with E-state index in [4.69, 9.17) is 15.6 Å². The first kappa shape index (κ1) is 28.8. The van der Waals surface area contributed by atoms with Crippen LogP contribution in [-0.2, 0) is 19.4 Å². The molecule has 0 spiro atoms. The highest BCUT2D eigenvalue weighted by Crippen LogP contribution is 2.33. The quantitative estimate of drug-likeness (QED) is 0.249. The standard InChI is InChI=1S/C32H43N7O2/c1-6-7-8-23-14-26(30(41-5)15-28(23)37-33)31(40)39-17-22(4)29(19-39)38-10-9-27-24(18-38)16-34-32(36-27)35-25-12-20(2)11-21(3)13-25/h11-16,22,29,37H,6-10,17-19,33H2,1-5H3,(H,34,35,36). The summed E-state index contributed by atoms with van der Waals surface area (Å²) >= 11 is 0. The molecule has 9 nitrogen and oxygen atoms in total. The number of aryl methyl sites for hydroxylation is 3. The summed E-state index contributed by atoms with van der Waals surface area (Å²) in [6, 6.07) is 10.5. The minimum atomic E-state index is 0.0142. The van der Waals surface area contributed by atoms with E-state index < -0.39 is 0 Å². The SMILES string of the molecule is CCCCc1cc(C(=O)N2CC(C)C(N3CCc4nc(Nc5cc(C)cc(C)c5)ncc4C3)C2)c(OC)cc1NN. The average Bonchev–Trinajstić information content (AvgIpc) is 3.35. The van der Waals surface area contributed by atoms with Crippen molar-refractivity contribution in [3.63, 3.8) is 0 Å². The lowest BCUT2D eigenvalue weighted by Crippen LogP contribution is -2.44. The van der Waals surface area contributed by atoms with E-state index in [9.17, 15) is 4.79 Å². The van der Waals surface area contributed by atoms with Gasteiger partial charge in [-0.05, 0) is 67.5 Å². The summed E-state index contributed by atoms with van der Waals surface area (Å²) in [4.78, 5) is 27.8. The van der Waals surface area contributed by atoms with Gasteiger partial charge in [-0.2, -0.15) is 0 Å². The van der Waals surface area contributed by atoms with Crippen molar-refractivity contribution in [2.24, 2.45) is 11.8 Å². The summed E-state index contributed by atoms with van der Waals surface area (Å²) in [6.45, 7) is 11.7. The lowest BCUT2D eigenvalue weighted by molar-refractivity contribution is 0.0769. The van der Waals surface area contributed by atoms with E-state index in [0.717, 1.165) is 67.0 Å². The van der Waals surface area contributed by atoms with Crippen molar-refractivity contribution in [3.05, 3.63) is 70.0 Å². The maximum absolute atomic E-state index is 13.8. The molecule has 4 N–H and O–H groups in total. The zero-order chi connectivity index (χ0) is 29.1. The number of methoxy groups -OCH3 is 1. The van der Waals surface area contributed by atoms with Gasteiger partial charge in [0.15, 0.2) is 0 Å². The smallest absolute Gasteiger partial charge is 0.257 e. The van der Waals surface area contributed by atoms with Gasteiger partial charge in [-0.1, -0.05) is 26.3 Å². The molecule has 9 heteroatoms. The summed E-state index contributed by atoms with van der Waals surface area (Å²) < 4.78 is 5.62. The molecule has 2 aliphatic rings. The van der Waals surface area contributed by atoms with E-state index >= 15 is 0 Å². The van der Waals surface area contributed by atoms with Crippen LogP contribution in [0.2, 0.25) is 0 Å². The molecule has 2 atom stereocenters. The second-order valence-corrected chi connectivity index (χ2v) is 11.6. The monoisotopic (exact) mass is 557 g/mol. The first-order valence-corrected chi connectivity index (χ1v) is 14.7. The molecule has 2 aliphatic heterocycles. The van der Waals surface area contributed by atoms with Crippen molar-refractivity contribution in [1.29, 1.82) is 0 Å². The van der Waals surface area contributed by atoms with E-state index in [2.05, 4.69) is 66.5 Å². The minimum Gasteiger partial charge on any atom is -0.496 e. The van der Waals surface area contributed by atoms with E-state index in [1.165, 1.54) is 11.1 Å². The Morgan fingerprint density at radius 3 is 2.63 bits per heavy atom. The number of nitrogen functional groups attached to an aromatic ring is 1. The number of amides is 1. The van der Waals surface area contributed by atoms with Crippen LogP contribution in [0.15, 0.2) is 36.5 Å². The molecule has 2 unspecified atom stereocenters. The molecule has 1 fully saturated rings. The molecule has 3 heterocycles. The van der Waals surface area contributed by atoms with Crippen molar-refractivity contribution in [2.45, 2.75) is 66.0 Å². The number of carbonyl (C=O) groups excluding carboxylic acids is 1. The van der Waals surface area contributed by atoms with E-state index in [-0.39, 0.29) is 11.9 Å². The highest BCUT2D eigenvalue weighted by atomic mass is 16.5. The van der Waals surface area contributed by atoms with Crippen molar-refractivity contribution in [3.8, 4) is 5.75 Å². The Morgan fingerprint density at radius 1 is 1.15 bits per heavy atom. The third kappa shape index (κ3) is 6.31. The molecular formula is C32H43N7O2. The van der Waals surface area contributed by atoms with Crippen LogP contribution in [0.3, 0.4) is 0 Å². The predicted octanol–water partition coefficient (Wildman–Crippen LogP) is 4.99. The average molecular weight is 558 g/mol. The van der Waals surface area contributed by atoms with E-state index in [1.807, 2.05) is 23.2 Å². The van der Waals surface area contributed by atoms with Gasteiger partial charge in [-0.25, -0.2) is 9.97 Å². The Bertz CT molecular complexity index is 1390. The highest BCUT2D eigenvalue weighted by molar-refractivity contribution is 5.98. The molecule has 1 amide bonds. The number of nitrogens with zero attached hydrogens (tertiary/aromatic N) is 4. The van der Waals surface area contributed by atoms with E-state index in [1.54, 1.807) is 7.11 Å². The number of hydrogen-bond donors (Lipinski definition) is 3. The zero-order valence-corrected chi connectivity index (χ0v) is 25.0. The van der Waals surface area contributed by atoms with Gasteiger partial charge in [-0.15, -0.1) is 0 Å². The van der Waals surface area contributed by atoms with Gasteiger partial charge in [0.05, 0.1) is 24.1 Å². The maximum atomic E-state index is 13.8. The van der Waals surface area contributed by atoms with Crippen LogP contribution in [0.25, 0.3) is 0 Å². The summed E-state index contributed by atoms with van der Waals surface area (Å²) in [5.41, 5.74) is 10.9. The van der Waals surface area contributed by atoms with Crippen LogP contribution in [0.4, 0.5) is 17.3 Å². The second kappa shape index (κ2) is 12.4. The van der Waals surface area contributed by atoms with Crippen LogP contribution in [0.1, 0.15) is 65.0 Å². The number of nitrogens with two attached hydrogens (primary N) is 1. The molecule has 1 saturated heterocycles. The fraction of sp³-hybridized carbons (Fsp3) is 0.469. The van der Waals surface area contributed by atoms with Crippen molar-refractivity contribution < 1.29 is 9.53 Å². The number of hydrogen-bond acceptors (Lipinski definition) is 8. The fourth-order valence-electron chi connectivity index (χ4n) is 6.29. The fourth-order valence-corrected chi connectivity index (χ4v) is 6.29. The molecule has 0 bridgehead atoms.